The van der Waals surface area contributed by atoms with Crippen LogP contribution in [0.15, 0.2) is 66.7 Å². The standard InChI is InChI=1S/C26H30N2/c1-20-7-8-22-9-10-26(16-25(22)15-20)28-18-23-11-13-27(14-12-24(23)19-28)17-21-5-3-2-4-6-21/h2-10,15-16,23-24H,11-14,17-19H2,1H3. The van der Waals surface area contributed by atoms with E-state index in [2.05, 4.69) is 83.5 Å². The molecule has 2 heterocycles. The van der Waals surface area contributed by atoms with Gasteiger partial charge in [-0.15, -0.1) is 0 Å². The van der Waals surface area contributed by atoms with Crippen molar-refractivity contribution in [3.63, 3.8) is 0 Å². The molecule has 0 saturated carbocycles. The first-order chi connectivity index (χ1) is 13.7. The minimum absolute atomic E-state index is 0.842. The molecule has 0 amide bonds. The van der Waals surface area contributed by atoms with Gasteiger partial charge in [-0.3, -0.25) is 4.90 Å². The molecule has 3 aromatic rings. The first kappa shape index (κ1) is 17.8. The van der Waals surface area contributed by atoms with Gasteiger partial charge < -0.3 is 4.90 Å². The highest BCUT2D eigenvalue weighted by atomic mass is 15.2. The molecule has 0 N–H and O–H groups in total. The molecule has 2 unspecified atom stereocenters. The third-order valence-corrected chi connectivity index (χ3v) is 6.80. The van der Waals surface area contributed by atoms with Gasteiger partial charge in [0.2, 0.25) is 0 Å². The average molecular weight is 371 g/mol. The quantitative estimate of drug-likeness (QED) is 0.601. The SMILES string of the molecule is Cc1ccc2ccc(N3CC4CCN(Cc5ccccc5)CCC4C3)cc2c1. The van der Waals surface area contributed by atoms with Crippen LogP contribution in [0, 0.1) is 18.8 Å². The van der Waals surface area contributed by atoms with E-state index in [1.54, 1.807) is 0 Å². The highest BCUT2D eigenvalue weighted by molar-refractivity contribution is 5.86. The van der Waals surface area contributed by atoms with Crippen molar-refractivity contribution in [2.75, 3.05) is 31.1 Å². The molecule has 2 heteroatoms. The van der Waals surface area contributed by atoms with E-state index in [1.165, 1.54) is 66.6 Å². The van der Waals surface area contributed by atoms with E-state index in [1.807, 2.05) is 0 Å². The highest BCUT2D eigenvalue weighted by Gasteiger charge is 2.34. The fourth-order valence-electron chi connectivity index (χ4n) is 5.16. The number of fused-ring (bicyclic) bond motifs is 2. The maximum Gasteiger partial charge on any atom is 0.0372 e. The second-order valence-corrected chi connectivity index (χ2v) is 8.80. The molecule has 28 heavy (non-hydrogen) atoms. The lowest BCUT2D eigenvalue weighted by Crippen LogP contribution is -2.27. The summed E-state index contributed by atoms with van der Waals surface area (Å²) in [7, 11) is 0. The van der Waals surface area contributed by atoms with E-state index in [9.17, 15) is 0 Å². The van der Waals surface area contributed by atoms with E-state index >= 15 is 0 Å². The number of hydrogen-bond donors (Lipinski definition) is 0. The van der Waals surface area contributed by atoms with Crippen LogP contribution >= 0.6 is 0 Å². The van der Waals surface area contributed by atoms with E-state index in [0.29, 0.717) is 0 Å². The molecule has 5 rings (SSSR count). The maximum atomic E-state index is 2.66. The number of benzene rings is 3. The number of rotatable bonds is 3. The van der Waals surface area contributed by atoms with E-state index < -0.39 is 0 Å². The van der Waals surface area contributed by atoms with Crippen molar-refractivity contribution in [3.8, 4) is 0 Å². The van der Waals surface area contributed by atoms with Crippen molar-refractivity contribution in [1.29, 1.82) is 0 Å². The summed E-state index contributed by atoms with van der Waals surface area (Å²) in [6, 6.07) is 24.7. The van der Waals surface area contributed by atoms with Gasteiger partial charge in [0.15, 0.2) is 0 Å². The lowest BCUT2D eigenvalue weighted by atomic mass is 9.92. The molecule has 2 nitrogen and oxygen atoms in total. The Kier molecular flexibility index (Phi) is 4.82. The zero-order valence-electron chi connectivity index (χ0n) is 16.8. The van der Waals surface area contributed by atoms with Gasteiger partial charge in [-0.2, -0.15) is 0 Å². The maximum absolute atomic E-state index is 2.66. The largest absolute Gasteiger partial charge is 0.371 e. The summed E-state index contributed by atoms with van der Waals surface area (Å²) in [5.41, 5.74) is 4.20. The first-order valence-electron chi connectivity index (χ1n) is 10.8. The summed E-state index contributed by atoms with van der Waals surface area (Å²) in [6.07, 6.45) is 2.67. The van der Waals surface area contributed by atoms with Gasteiger partial charge in [-0.25, -0.2) is 0 Å². The molecule has 0 aromatic heterocycles. The van der Waals surface area contributed by atoms with Crippen LogP contribution in [0.2, 0.25) is 0 Å². The van der Waals surface area contributed by atoms with Crippen LogP contribution in [0.3, 0.4) is 0 Å². The molecule has 2 aliphatic rings. The molecule has 3 aromatic carbocycles. The summed E-state index contributed by atoms with van der Waals surface area (Å²) in [6.45, 7) is 8.21. The van der Waals surface area contributed by atoms with Crippen molar-refractivity contribution in [2.45, 2.75) is 26.3 Å². The van der Waals surface area contributed by atoms with Crippen LogP contribution in [0.4, 0.5) is 5.69 Å². The van der Waals surface area contributed by atoms with Gasteiger partial charge in [0, 0.05) is 25.3 Å². The molecule has 0 aliphatic carbocycles. The number of anilines is 1. The minimum atomic E-state index is 0.842. The molecular formula is C26H30N2. The van der Waals surface area contributed by atoms with Crippen LogP contribution < -0.4 is 4.90 Å². The Bertz CT molecular complexity index is 933. The van der Waals surface area contributed by atoms with E-state index in [0.717, 1.165) is 18.4 Å². The molecule has 144 valence electrons. The van der Waals surface area contributed by atoms with Crippen molar-refractivity contribution < 1.29 is 0 Å². The summed E-state index contributed by atoms with van der Waals surface area (Å²) in [4.78, 5) is 5.31. The predicted molar refractivity (Wildman–Crippen MR) is 119 cm³/mol. The van der Waals surface area contributed by atoms with Crippen LogP contribution in [0.5, 0.6) is 0 Å². The third-order valence-electron chi connectivity index (χ3n) is 6.80. The van der Waals surface area contributed by atoms with Gasteiger partial charge in [-0.05, 0) is 73.2 Å². The summed E-state index contributed by atoms with van der Waals surface area (Å²) in [5, 5.41) is 2.72. The lowest BCUT2D eigenvalue weighted by molar-refractivity contribution is 0.271. The second kappa shape index (κ2) is 7.60. The Morgan fingerprint density at radius 1 is 0.786 bits per heavy atom. The first-order valence-corrected chi connectivity index (χ1v) is 10.8. The zero-order chi connectivity index (χ0) is 18.9. The van der Waals surface area contributed by atoms with Crippen LogP contribution in [-0.2, 0) is 6.54 Å². The van der Waals surface area contributed by atoms with Crippen molar-refractivity contribution in [2.24, 2.45) is 11.8 Å². The molecule has 2 atom stereocenters. The topological polar surface area (TPSA) is 6.48 Å². The Morgan fingerprint density at radius 2 is 1.50 bits per heavy atom. The Hall–Kier alpha value is -2.32. The Labute approximate surface area is 168 Å². The van der Waals surface area contributed by atoms with Gasteiger partial charge >= 0.3 is 0 Å². The smallest absolute Gasteiger partial charge is 0.0372 e. The normalized spacial score (nSPS) is 23.0. The summed E-state index contributed by atoms with van der Waals surface area (Å²) in [5.74, 6) is 1.68. The molecule has 0 bridgehead atoms. The van der Waals surface area contributed by atoms with Crippen molar-refractivity contribution in [3.05, 3.63) is 77.9 Å². The highest BCUT2D eigenvalue weighted by Crippen LogP contribution is 2.35. The predicted octanol–water partition coefficient (Wildman–Crippen LogP) is 5.50. The van der Waals surface area contributed by atoms with Gasteiger partial charge in [0.05, 0.1) is 0 Å². The lowest BCUT2D eigenvalue weighted by Gasteiger charge is -2.23. The van der Waals surface area contributed by atoms with E-state index in [4.69, 9.17) is 0 Å². The van der Waals surface area contributed by atoms with Crippen molar-refractivity contribution in [1.82, 2.24) is 4.90 Å². The average Bonchev–Trinajstić information content (AvgIpc) is 3.04. The van der Waals surface area contributed by atoms with Crippen LogP contribution in [-0.4, -0.2) is 31.1 Å². The second-order valence-electron chi connectivity index (χ2n) is 8.80. The summed E-state index contributed by atoms with van der Waals surface area (Å²) < 4.78 is 0. The van der Waals surface area contributed by atoms with Crippen LogP contribution in [0.1, 0.15) is 24.0 Å². The van der Waals surface area contributed by atoms with Crippen LogP contribution in [0.25, 0.3) is 10.8 Å². The third kappa shape index (κ3) is 3.66. The van der Waals surface area contributed by atoms with Gasteiger partial charge in [0.25, 0.3) is 0 Å². The monoisotopic (exact) mass is 370 g/mol. The Balaban J connectivity index is 1.26. The summed E-state index contributed by atoms with van der Waals surface area (Å²) >= 11 is 0. The van der Waals surface area contributed by atoms with E-state index in [-0.39, 0.29) is 0 Å². The molecule has 2 aliphatic heterocycles. The number of hydrogen-bond acceptors (Lipinski definition) is 2. The molecule has 2 fully saturated rings. The minimum Gasteiger partial charge on any atom is -0.371 e. The molecule has 0 radical (unpaired) electrons. The Morgan fingerprint density at radius 3 is 2.25 bits per heavy atom. The fraction of sp³-hybridized carbons (Fsp3) is 0.385. The molecule has 0 spiro atoms. The zero-order valence-corrected chi connectivity index (χ0v) is 16.8. The fourth-order valence-corrected chi connectivity index (χ4v) is 5.16. The van der Waals surface area contributed by atoms with Gasteiger partial charge in [0.1, 0.15) is 0 Å². The number of aryl methyl sites for hydroxylation is 1. The van der Waals surface area contributed by atoms with Crippen molar-refractivity contribution >= 4 is 16.5 Å². The number of nitrogens with zero attached hydrogens (tertiary/aromatic N) is 2. The molecular weight excluding hydrogens is 340 g/mol. The van der Waals surface area contributed by atoms with Gasteiger partial charge in [-0.1, -0.05) is 60.2 Å². The number of likely N-dealkylation sites (tertiary alicyclic amines) is 1. The molecule has 2 saturated heterocycles.